The Kier molecular flexibility index (Phi) is 11.3. The minimum absolute atomic E-state index is 0.184. The number of methoxy groups -OCH3 is 1. The van der Waals surface area contributed by atoms with Crippen LogP contribution in [0.5, 0.6) is 17.2 Å². The molecule has 4 aromatic carbocycles. The Labute approximate surface area is 287 Å². The Morgan fingerprint density at radius 3 is 2.48 bits per heavy atom. The van der Waals surface area contributed by atoms with Gasteiger partial charge in [-0.2, -0.15) is 5.10 Å². The van der Waals surface area contributed by atoms with Crippen molar-refractivity contribution in [3.05, 3.63) is 111 Å². The molecule has 1 heterocycles. The second-order valence-corrected chi connectivity index (χ2v) is 11.5. The average Bonchev–Trinajstić information content (AvgIpc) is 3.06. The Balaban J connectivity index is 1.18. The summed E-state index contributed by atoms with van der Waals surface area (Å²) in [6.07, 6.45) is 0.266. The highest BCUT2D eigenvalue weighted by Gasteiger charge is 2.32. The van der Waals surface area contributed by atoms with Crippen molar-refractivity contribution in [3.63, 3.8) is 0 Å². The summed E-state index contributed by atoms with van der Waals surface area (Å²) in [7, 11) is 1.27. The van der Waals surface area contributed by atoms with Gasteiger partial charge in [-0.1, -0.05) is 65.7 Å². The van der Waals surface area contributed by atoms with Crippen molar-refractivity contribution in [3.8, 4) is 17.2 Å². The molecule has 0 aromatic heterocycles. The zero-order chi connectivity index (χ0) is 34.2. The molecule has 13 heteroatoms. The number of aliphatic hydroxyl groups is 1. The van der Waals surface area contributed by atoms with E-state index in [0.717, 1.165) is 16.3 Å². The Bertz CT molecular complexity index is 1860. The van der Waals surface area contributed by atoms with Gasteiger partial charge in [0, 0.05) is 5.70 Å². The molecule has 4 N–H and O–H groups in total. The van der Waals surface area contributed by atoms with Crippen LogP contribution in [-0.2, 0) is 16.1 Å². The van der Waals surface area contributed by atoms with Gasteiger partial charge < -0.3 is 34.7 Å². The van der Waals surface area contributed by atoms with E-state index < -0.39 is 24.3 Å². The van der Waals surface area contributed by atoms with Gasteiger partial charge in [-0.25, -0.2) is 9.59 Å². The summed E-state index contributed by atoms with van der Waals surface area (Å²) in [6.45, 7) is 3.85. The van der Waals surface area contributed by atoms with Gasteiger partial charge in [0.15, 0.2) is 23.5 Å². The van der Waals surface area contributed by atoms with Gasteiger partial charge in [-0.05, 0) is 71.6 Å². The van der Waals surface area contributed by atoms with E-state index in [1.54, 1.807) is 44.2 Å². The van der Waals surface area contributed by atoms with Gasteiger partial charge in [-0.3, -0.25) is 5.43 Å². The average molecular weight is 694 g/mol. The van der Waals surface area contributed by atoms with Gasteiger partial charge in [0.05, 0.1) is 41.6 Å². The standard InChI is InChI=1S/C35H34Cl2N4O7/c1-4-46-29-16-25(32-31(34(43)45-3)20(2)39-35(44)40-32)11-12-28(29)47-19-30(42)41-38-17-22-14-26(36)33(27(37)15-22)48-18-21-9-10-23-7-5-6-8-24(23)13-21/h5-17,30,32,41-42H,4,18-19H2,1-3H3,(H2,39,40,44)/b38-17-/t30-,32-/m1/s1. The molecule has 11 nitrogen and oxygen atoms in total. The number of hydrazone groups is 1. The Morgan fingerprint density at radius 1 is 1.00 bits per heavy atom. The number of hydrogen-bond donors (Lipinski definition) is 4. The van der Waals surface area contributed by atoms with Gasteiger partial charge in [0.2, 0.25) is 0 Å². The fourth-order valence-electron chi connectivity index (χ4n) is 5.10. The first kappa shape index (κ1) is 34.4. The third kappa shape index (κ3) is 8.29. The summed E-state index contributed by atoms with van der Waals surface area (Å²) in [5.74, 6) is 0.469. The van der Waals surface area contributed by atoms with E-state index in [4.69, 9.17) is 42.1 Å². The molecule has 48 heavy (non-hydrogen) atoms. The second-order valence-electron chi connectivity index (χ2n) is 10.7. The number of urea groups is 1. The Hall–Kier alpha value is -4.97. The maximum Gasteiger partial charge on any atom is 0.337 e. The summed E-state index contributed by atoms with van der Waals surface area (Å²) in [4.78, 5) is 24.6. The van der Waals surface area contributed by atoms with Crippen LogP contribution in [0.4, 0.5) is 4.79 Å². The second kappa shape index (κ2) is 15.7. The molecule has 2 atom stereocenters. The number of rotatable bonds is 13. The number of ether oxygens (including phenoxy) is 4. The van der Waals surface area contributed by atoms with Crippen LogP contribution in [-0.4, -0.2) is 49.9 Å². The minimum Gasteiger partial charge on any atom is -0.490 e. The van der Waals surface area contributed by atoms with E-state index in [1.807, 2.05) is 30.3 Å². The van der Waals surface area contributed by atoms with Crippen LogP contribution in [0.25, 0.3) is 10.8 Å². The van der Waals surface area contributed by atoms with Crippen molar-refractivity contribution >= 4 is 52.2 Å². The number of allylic oxidation sites excluding steroid dienone is 1. The number of carbonyl (C=O) groups excluding carboxylic acids is 2. The summed E-state index contributed by atoms with van der Waals surface area (Å²) in [6, 6.07) is 21.2. The number of esters is 1. The molecule has 5 rings (SSSR count). The third-order valence-electron chi connectivity index (χ3n) is 7.33. The molecule has 2 amide bonds. The lowest BCUT2D eigenvalue weighted by Gasteiger charge is -2.28. The van der Waals surface area contributed by atoms with E-state index in [1.165, 1.54) is 13.3 Å². The highest BCUT2D eigenvalue weighted by Crippen LogP contribution is 2.36. The number of halogens is 2. The normalized spacial score (nSPS) is 15.1. The number of carbonyl (C=O) groups is 2. The maximum atomic E-state index is 12.5. The lowest BCUT2D eigenvalue weighted by Crippen LogP contribution is -2.45. The number of amides is 2. The summed E-state index contributed by atoms with van der Waals surface area (Å²) in [5.41, 5.74) is 5.37. The molecule has 4 aromatic rings. The van der Waals surface area contributed by atoms with Crippen molar-refractivity contribution in [2.75, 3.05) is 20.3 Å². The quantitative estimate of drug-likeness (QED) is 0.0559. The van der Waals surface area contributed by atoms with E-state index in [-0.39, 0.29) is 12.2 Å². The summed E-state index contributed by atoms with van der Waals surface area (Å²) < 4.78 is 22.4. The highest BCUT2D eigenvalue weighted by molar-refractivity contribution is 6.37. The molecule has 0 unspecified atom stereocenters. The first-order chi connectivity index (χ1) is 23.2. The molecule has 0 fully saturated rings. The third-order valence-corrected chi connectivity index (χ3v) is 7.89. The molecule has 0 bridgehead atoms. The number of hydrogen-bond acceptors (Lipinski definition) is 9. The number of nitrogens with one attached hydrogen (secondary N) is 3. The molecule has 1 aliphatic rings. The first-order valence-electron chi connectivity index (χ1n) is 15.0. The van der Waals surface area contributed by atoms with Crippen LogP contribution in [0, 0.1) is 0 Å². The fourth-order valence-corrected chi connectivity index (χ4v) is 5.71. The van der Waals surface area contributed by atoms with E-state index >= 15 is 0 Å². The summed E-state index contributed by atoms with van der Waals surface area (Å²) in [5, 5.41) is 22.8. The van der Waals surface area contributed by atoms with Crippen LogP contribution in [0.2, 0.25) is 10.0 Å². The maximum absolute atomic E-state index is 12.5. The lowest BCUT2D eigenvalue weighted by atomic mass is 9.95. The predicted octanol–water partition coefficient (Wildman–Crippen LogP) is 6.25. The van der Waals surface area contributed by atoms with Crippen molar-refractivity contribution < 1.29 is 33.6 Å². The van der Waals surface area contributed by atoms with Crippen LogP contribution in [0.3, 0.4) is 0 Å². The highest BCUT2D eigenvalue weighted by atomic mass is 35.5. The zero-order valence-corrected chi connectivity index (χ0v) is 27.9. The van der Waals surface area contributed by atoms with Crippen LogP contribution >= 0.6 is 23.2 Å². The van der Waals surface area contributed by atoms with Crippen LogP contribution < -0.4 is 30.3 Å². The number of nitrogens with zero attached hydrogens (tertiary/aromatic N) is 1. The van der Waals surface area contributed by atoms with Gasteiger partial charge in [-0.15, -0.1) is 0 Å². The Morgan fingerprint density at radius 2 is 1.75 bits per heavy atom. The largest absolute Gasteiger partial charge is 0.490 e. The molecular formula is C35H34Cl2N4O7. The molecule has 0 radical (unpaired) electrons. The van der Waals surface area contributed by atoms with Gasteiger partial charge in [0.25, 0.3) is 0 Å². The van der Waals surface area contributed by atoms with Crippen molar-refractivity contribution in [2.45, 2.75) is 32.7 Å². The summed E-state index contributed by atoms with van der Waals surface area (Å²) >= 11 is 13.0. The SMILES string of the molecule is CCOc1cc([C@H]2NC(=O)NC(C)=C2C(=O)OC)ccc1OC[C@@H](O)N/N=C\c1cc(Cl)c(OCc2ccc3ccccc3c2)c(Cl)c1. The van der Waals surface area contributed by atoms with Crippen LogP contribution in [0.1, 0.15) is 36.6 Å². The molecule has 0 spiro atoms. The smallest absolute Gasteiger partial charge is 0.337 e. The molecule has 250 valence electrons. The van der Waals surface area contributed by atoms with Crippen LogP contribution in [0.15, 0.2) is 89.2 Å². The van der Waals surface area contributed by atoms with Crippen molar-refractivity contribution in [1.29, 1.82) is 0 Å². The van der Waals surface area contributed by atoms with Gasteiger partial charge in [0.1, 0.15) is 13.2 Å². The number of aliphatic hydroxyl groups excluding tert-OH is 1. The lowest BCUT2D eigenvalue weighted by molar-refractivity contribution is -0.136. The first-order valence-corrected chi connectivity index (χ1v) is 15.7. The van der Waals surface area contributed by atoms with E-state index in [2.05, 4.69) is 33.3 Å². The molecule has 1 aliphatic heterocycles. The zero-order valence-electron chi connectivity index (χ0n) is 26.4. The van der Waals surface area contributed by atoms with Crippen molar-refractivity contribution in [1.82, 2.24) is 16.1 Å². The molecular weight excluding hydrogens is 659 g/mol. The topological polar surface area (TPSA) is 140 Å². The molecule has 0 saturated carbocycles. The predicted molar refractivity (Wildman–Crippen MR) is 184 cm³/mol. The van der Waals surface area contributed by atoms with Crippen molar-refractivity contribution in [2.24, 2.45) is 5.10 Å². The monoisotopic (exact) mass is 692 g/mol. The van der Waals surface area contributed by atoms with Gasteiger partial charge >= 0.3 is 12.0 Å². The molecule has 0 aliphatic carbocycles. The van der Waals surface area contributed by atoms with E-state index in [0.29, 0.717) is 57.3 Å². The molecule has 0 saturated heterocycles. The number of fused-ring (bicyclic) bond motifs is 1. The number of benzene rings is 4. The fraction of sp³-hybridized carbons (Fsp3) is 0.229. The van der Waals surface area contributed by atoms with E-state index in [9.17, 15) is 14.7 Å². The minimum atomic E-state index is -1.19.